The smallest absolute Gasteiger partial charge is 0.326 e. The first-order chi connectivity index (χ1) is 22.2. The summed E-state index contributed by atoms with van der Waals surface area (Å²) in [5.74, 6) is 0.748. The van der Waals surface area contributed by atoms with Crippen LogP contribution in [0.3, 0.4) is 0 Å². The van der Waals surface area contributed by atoms with Gasteiger partial charge in [0.15, 0.2) is 0 Å². The largest absolute Gasteiger partial charge is 0.457 e. The standard InChI is InChI=1S/C34H37N7O4S/c1-20-16-24(45-23-7-3-2-4-8-23)9-10-25(20)41-26-11-14-37-31-27(26)28(39-33(41)44)29(46-31)30(42)38-22-6-5-15-40(19-22)32(43)21(18-35)17-34(36)12-13-34/h2-4,7-10,16-17,22,26-27,31,37H,5-6,11-15,19,36H2,1H3,(H,38,42)(H,39,44)/b21-17+/t22-,26?,27?,31?/m1/s1. The van der Waals surface area contributed by atoms with Crippen LogP contribution in [0.2, 0.25) is 0 Å². The van der Waals surface area contributed by atoms with Gasteiger partial charge in [-0.15, -0.1) is 0 Å². The number of hydrogen-bond acceptors (Lipinski definition) is 8. The molecule has 238 valence electrons. The number of rotatable bonds is 7. The van der Waals surface area contributed by atoms with E-state index in [-0.39, 0.29) is 46.8 Å². The molecule has 2 aromatic rings. The van der Waals surface area contributed by atoms with Gasteiger partial charge in [-0.1, -0.05) is 30.0 Å². The van der Waals surface area contributed by atoms with Gasteiger partial charge >= 0.3 is 6.03 Å². The predicted molar refractivity (Wildman–Crippen MR) is 175 cm³/mol. The molecular formula is C34H37N7O4S. The van der Waals surface area contributed by atoms with Gasteiger partial charge in [-0.3, -0.25) is 14.5 Å². The van der Waals surface area contributed by atoms with Crippen molar-refractivity contribution < 1.29 is 19.1 Å². The lowest BCUT2D eigenvalue weighted by Crippen LogP contribution is -2.62. The van der Waals surface area contributed by atoms with Crippen LogP contribution in [0.25, 0.3) is 0 Å². The molecule has 0 radical (unpaired) electrons. The molecule has 4 aliphatic heterocycles. The zero-order chi connectivity index (χ0) is 32.0. The second-order valence-corrected chi connectivity index (χ2v) is 13.9. The lowest BCUT2D eigenvalue weighted by molar-refractivity contribution is -0.129. The topological polar surface area (TPSA) is 153 Å². The van der Waals surface area contributed by atoms with Crippen LogP contribution in [-0.2, 0) is 9.59 Å². The SMILES string of the molecule is Cc1cc(Oc2ccccc2)ccc1N1C(=O)NC2=C(C(=O)N[C@@H]3CCCN(C(=O)/C(C#N)=C/C4(N)CC4)C3)SC3NCCC1C23. The van der Waals surface area contributed by atoms with Crippen molar-refractivity contribution in [3.8, 4) is 17.6 Å². The fourth-order valence-electron chi connectivity index (χ4n) is 6.91. The van der Waals surface area contributed by atoms with E-state index in [0.29, 0.717) is 42.3 Å². The first-order valence-electron chi connectivity index (χ1n) is 15.8. The Morgan fingerprint density at radius 3 is 2.72 bits per heavy atom. The summed E-state index contributed by atoms with van der Waals surface area (Å²) in [5.41, 5.74) is 8.02. The van der Waals surface area contributed by atoms with Crippen molar-refractivity contribution in [2.24, 2.45) is 11.7 Å². The normalized spacial score (nSPS) is 26.5. The van der Waals surface area contributed by atoms with Crippen molar-refractivity contribution in [3.05, 3.63) is 76.3 Å². The van der Waals surface area contributed by atoms with Crippen LogP contribution in [-0.4, -0.2) is 65.4 Å². The molecular weight excluding hydrogens is 602 g/mol. The summed E-state index contributed by atoms with van der Waals surface area (Å²) in [6.45, 7) is 3.52. The number of carbonyl (C=O) groups excluding carboxylic acids is 3. The number of para-hydroxylation sites is 1. The Kier molecular flexibility index (Phi) is 8.00. The number of aryl methyl sites for hydroxylation is 1. The molecule has 0 bridgehead atoms. The van der Waals surface area contributed by atoms with Crippen LogP contribution in [0.5, 0.6) is 11.5 Å². The summed E-state index contributed by atoms with van der Waals surface area (Å²) in [6.07, 6.45) is 5.28. The van der Waals surface area contributed by atoms with Crippen LogP contribution >= 0.6 is 11.8 Å². The Hall–Kier alpha value is -4.31. The zero-order valence-corrected chi connectivity index (χ0v) is 26.4. The zero-order valence-electron chi connectivity index (χ0n) is 25.6. The molecule has 0 spiro atoms. The van der Waals surface area contributed by atoms with Gasteiger partial charge in [-0.05, 0) is 87.5 Å². The van der Waals surface area contributed by atoms with E-state index >= 15 is 0 Å². The highest BCUT2D eigenvalue weighted by atomic mass is 32.2. The molecule has 4 atom stereocenters. The van der Waals surface area contributed by atoms with Crippen molar-refractivity contribution in [2.75, 3.05) is 24.5 Å². The fraction of sp³-hybridized carbons (Fsp3) is 0.412. The quantitative estimate of drug-likeness (QED) is 0.265. The third-order valence-corrected chi connectivity index (χ3v) is 10.8. The molecule has 3 unspecified atom stereocenters. The van der Waals surface area contributed by atoms with Gasteiger partial charge in [0.2, 0.25) is 0 Å². The Bertz CT molecular complexity index is 1680. The number of hydrogen-bond donors (Lipinski definition) is 4. The third kappa shape index (κ3) is 5.86. The number of nitrogens with zero attached hydrogens (tertiary/aromatic N) is 3. The van der Waals surface area contributed by atoms with E-state index in [1.807, 2.05) is 66.4 Å². The van der Waals surface area contributed by atoms with Gasteiger partial charge in [0.1, 0.15) is 23.1 Å². The number of urea groups is 1. The fourth-order valence-corrected chi connectivity index (χ4v) is 8.31. The Balaban J connectivity index is 1.06. The van der Waals surface area contributed by atoms with E-state index in [1.165, 1.54) is 11.8 Å². The van der Waals surface area contributed by atoms with Gasteiger partial charge in [0, 0.05) is 42.0 Å². The summed E-state index contributed by atoms with van der Waals surface area (Å²) < 4.78 is 6.01. The van der Waals surface area contributed by atoms with E-state index in [4.69, 9.17) is 10.5 Å². The summed E-state index contributed by atoms with van der Waals surface area (Å²) in [4.78, 5) is 44.6. The average molecular weight is 640 g/mol. The molecule has 12 heteroatoms. The first kappa shape index (κ1) is 30.3. The predicted octanol–water partition coefficient (Wildman–Crippen LogP) is 3.63. The molecule has 4 fully saturated rings. The number of carbonyl (C=O) groups is 3. The molecule has 5 aliphatic rings. The molecule has 1 saturated carbocycles. The highest BCUT2D eigenvalue weighted by Gasteiger charge is 2.52. The number of nitriles is 1. The second-order valence-electron chi connectivity index (χ2n) is 12.7. The van der Waals surface area contributed by atoms with Crippen molar-refractivity contribution >= 4 is 35.3 Å². The average Bonchev–Trinajstić information content (AvgIpc) is 3.67. The van der Waals surface area contributed by atoms with E-state index in [0.717, 1.165) is 42.8 Å². The number of benzene rings is 2. The highest BCUT2D eigenvalue weighted by Crippen LogP contribution is 2.48. The number of ether oxygens (including phenoxy) is 1. The Morgan fingerprint density at radius 1 is 1.17 bits per heavy atom. The number of nitrogens with one attached hydrogen (secondary N) is 3. The maximum atomic E-state index is 13.7. The van der Waals surface area contributed by atoms with Crippen LogP contribution in [0.4, 0.5) is 10.5 Å². The first-order valence-corrected chi connectivity index (χ1v) is 16.7. The van der Waals surface area contributed by atoms with Gasteiger partial charge in [0.05, 0.1) is 16.3 Å². The van der Waals surface area contributed by atoms with Gasteiger partial charge in [0.25, 0.3) is 11.8 Å². The van der Waals surface area contributed by atoms with Gasteiger partial charge < -0.3 is 31.3 Å². The number of nitrogens with two attached hydrogens (primary N) is 1. The maximum Gasteiger partial charge on any atom is 0.326 e. The summed E-state index contributed by atoms with van der Waals surface area (Å²) in [5, 5.41) is 19.3. The summed E-state index contributed by atoms with van der Waals surface area (Å²) in [6, 6.07) is 16.7. The molecule has 46 heavy (non-hydrogen) atoms. The maximum absolute atomic E-state index is 13.7. The number of amides is 4. The highest BCUT2D eigenvalue weighted by molar-refractivity contribution is 8.04. The van der Waals surface area contributed by atoms with E-state index in [2.05, 4.69) is 16.0 Å². The molecule has 3 saturated heterocycles. The molecule has 4 heterocycles. The molecule has 0 aromatic heterocycles. The monoisotopic (exact) mass is 639 g/mol. The Labute approximate surface area is 272 Å². The molecule has 1 aliphatic carbocycles. The van der Waals surface area contributed by atoms with Crippen LogP contribution in [0.15, 0.2) is 70.8 Å². The molecule has 7 rings (SSSR count). The molecule has 2 aromatic carbocycles. The minimum absolute atomic E-state index is 0.0580. The number of thioether (sulfide) groups is 1. The lowest BCUT2D eigenvalue weighted by Gasteiger charge is -2.46. The molecule has 11 nitrogen and oxygen atoms in total. The minimum atomic E-state index is -0.556. The number of likely N-dealkylation sites (tertiary alicyclic amines) is 1. The van der Waals surface area contributed by atoms with Crippen LogP contribution in [0, 0.1) is 24.2 Å². The van der Waals surface area contributed by atoms with Crippen molar-refractivity contribution in [1.29, 1.82) is 5.26 Å². The number of anilines is 1. The van der Waals surface area contributed by atoms with E-state index < -0.39 is 5.54 Å². The van der Waals surface area contributed by atoms with E-state index in [9.17, 15) is 19.6 Å². The number of piperidine rings is 2. The van der Waals surface area contributed by atoms with Gasteiger partial charge in [-0.25, -0.2) is 4.79 Å². The van der Waals surface area contributed by atoms with Crippen molar-refractivity contribution in [3.63, 3.8) is 0 Å². The van der Waals surface area contributed by atoms with Crippen molar-refractivity contribution in [1.82, 2.24) is 20.9 Å². The van der Waals surface area contributed by atoms with Crippen molar-refractivity contribution in [2.45, 2.75) is 62.0 Å². The van der Waals surface area contributed by atoms with Crippen LogP contribution in [0.1, 0.15) is 37.7 Å². The Morgan fingerprint density at radius 2 is 1.98 bits per heavy atom. The third-order valence-electron chi connectivity index (χ3n) is 9.41. The lowest BCUT2D eigenvalue weighted by atomic mass is 9.86. The molecule has 4 amide bonds. The summed E-state index contributed by atoms with van der Waals surface area (Å²) in [7, 11) is 0. The summed E-state index contributed by atoms with van der Waals surface area (Å²) >= 11 is 1.45. The van der Waals surface area contributed by atoms with Gasteiger partial charge in [-0.2, -0.15) is 5.26 Å². The molecule has 5 N–H and O–H groups in total. The second kappa shape index (κ2) is 12.1. The minimum Gasteiger partial charge on any atom is -0.457 e. The van der Waals surface area contributed by atoms with E-state index in [1.54, 1.807) is 11.0 Å². The van der Waals surface area contributed by atoms with Crippen LogP contribution < -0.4 is 31.3 Å².